The Morgan fingerprint density at radius 3 is 2.54 bits per heavy atom. The second kappa shape index (κ2) is 7.68. The number of aromatic nitrogens is 1. The van der Waals surface area contributed by atoms with Crippen molar-refractivity contribution >= 4 is 17.3 Å². The van der Waals surface area contributed by atoms with E-state index in [1.54, 1.807) is 6.07 Å². The van der Waals surface area contributed by atoms with Crippen molar-refractivity contribution in [2.45, 2.75) is 32.7 Å². The van der Waals surface area contributed by atoms with Crippen LogP contribution in [0.4, 0.5) is 5.82 Å². The number of fused-ring (bicyclic) bond motifs is 1. The lowest BCUT2D eigenvalue weighted by molar-refractivity contribution is 0.0695. The summed E-state index contributed by atoms with van der Waals surface area (Å²) < 4.78 is 7.70. The number of nitrogens with zero attached hydrogens (tertiary/aromatic N) is 2. The van der Waals surface area contributed by atoms with Gasteiger partial charge in [0.2, 0.25) is 0 Å². The van der Waals surface area contributed by atoms with E-state index in [2.05, 4.69) is 40.6 Å². The molecule has 0 aliphatic carbocycles. The van der Waals surface area contributed by atoms with E-state index < -0.39 is 5.97 Å². The van der Waals surface area contributed by atoms with Gasteiger partial charge in [0.15, 0.2) is 0 Å². The number of rotatable bonds is 5. The number of hydrogen-bond acceptors (Lipinski definition) is 3. The SMILES string of the molecule is CCN(c1c(C)c(C(=O)O)cc2cc(-c3ccccc3)cn12)C1CCOCC1. The molecule has 28 heavy (non-hydrogen) atoms. The molecule has 1 aromatic carbocycles. The Morgan fingerprint density at radius 1 is 1.18 bits per heavy atom. The number of ether oxygens (including phenoxy) is 1. The average molecular weight is 378 g/mol. The van der Waals surface area contributed by atoms with Crippen LogP contribution in [0.5, 0.6) is 0 Å². The minimum atomic E-state index is -0.883. The largest absolute Gasteiger partial charge is 0.478 e. The van der Waals surface area contributed by atoms with Crippen molar-refractivity contribution in [3.63, 3.8) is 0 Å². The quantitative estimate of drug-likeness (QED) is 0.704. The van der Waals surface area contributed by atoms with Gasteiger partial charge in [0, 0.05) is 48.6 Å². The minimum absolute atomic E-state index is 0.354. The molecule has 0 radical (unpaired) electrons. The Bertz CT molecular complexity index is 988. The second-order valence-electron chi connectivity index (χ2n) is 7.33. The van der Waals surface area contributed by atoms with Crippen molar-refractivity contribution < 1.29 is 14.6 Å². The molecular weight excluding hydrogens is 352 g/mol. The first-order chi connectivity index (χ1) is 13.6. The molecule has 0 atom stereocenters. The lowest BCUT2D eigenvalue weighted by Crippen LogP contribution is -2.41. The predicted molar refractivity (Wildman–Crippen MR) is 111 cm³/mol. The molecule has 1 N–H and O–H groups in total. The number of anilines is 1. The van der Waals surface area contributed by atoms with E-state index in [9.17, 15) is 9.90 Å². The molecule has 0 unspecified atom stereocenters. The van der Waals surface area contributed by atoms with Gasteiger partial charge in [-0.3, -0.25) is 0 Å². The van der Waals surface area contributed by atoms with Crippen molar-refractivity contribution in [1.82, 2.24) is 4.40 Å². The van der Waals surface area contributed by atoms with Gasteiger partial charge in [-0.2, -0.15) is 0 Å². The van der Waals surface area contributed by atoms with Crippen LogP contribution in [0.3, 0.4) is 0 Å². The zero-order valence-electron chi connectivity index (χ0n) is 16.4. The molecule has 0 bridgehead atoms. The Hall–Kier alpha value is -2.79. The summed E-state index contributed by atoms with van der Waals surface area (Å²) in [4.78, 5) is 14.3. The fraction of sp³-hybridized carbons (Fsp3) is 0.348. The Balaban J connectivity index is 1.92. The maximum atomic E-state index is 11.9. The van der Waals surface area contributed by atoms with Gasteiger partial charge in [-0.25, -0.2) is 4.79 Å². The van der Waals surface area contributed by atoms with Crippen LogP contribution in [0.15, 0.2) is 48.7 Å². The number of carbonyl (C=O) groups is 1. The number of benzene rings is 1. The van der Waals surface area contributed by atoms with Crippen molar-refractivity contribution in [2.75, 3.05) is 24.7 Å². The molecule has 2 aromatic heterocycles. The van der Waals surface area contributed by atoms with E-state index in [0.29, 0.717) is 11.6 Å². The highest BCUT2D eigenvalue weighted by atomic mass is 16.5. The molecule has 1 aliphatic heterocycles. The van der Waals surface area contributed by atoms with Crippen molar-refractivity contribution in [3.05, 3.63) is 59.8 Å². The van der Waals surface area contributed by atoms with Crippen LogP contribution < -0.4 is 4.90 Å². The Morgan fingerprint density at radius 2 is 1.89 bits per heavy atom. The Labute approximate surface area is 165 Å². The summed E-state index contributed by atoms with van der Waals surface area (Å²) in [6.07, 6.45) is 4.04. The normalized spacial score (nSPS) is 15.1. The van der Waals surface area contributed by atoms with E-state index in [-0.39, 0.29) is 0 Å². The number of pyridine rings is 1. The number of carboxylic acids is 1. The fourth-order valence-corrected chi connectivity index (χ4v) is 4.27. The zero-order valence-corrected chi connectivity index (χ0v) is 16.4. The first-order valence-electron chi connectivity index (χ1n) is 9.89. The van der Waals surface area contributed by atoms with Crippen molar-refractivity contribution in [2.24, 2.45) is 0 Å². The van der Waals surface area contributed by atoms with Crippen LogP contribution in [0.1, 0.15) is 35.7 Å². The van der Waals surface area contributed by atoms with Gasteiger partial charge in [-0.15, -0.1) is 0 Å². The molecule has 0 spiro atoms. The summed E-state index contributed by atoms with van der Waals surface area (Å²) in [5, 5.41) is 9.79. The van der Waals surface area contributed by atoms with Crippen LogP contribution in [-0.2, 0) is 4.74 Å². The number of aromatic carboxylic acids is 1. The first-order valence-corrected chi connectivity index (χ1v) is 9.89. The third-order valence-electron chi connectivity index (χ3n) is 5.69. The van der Waals surface area contributed by atoms with E-state index in [1.165, 1.54) is 0 Å². The smallest absolute Gasteiger partial charge is 0.336 e. The topological polar surface area (TPSA) is 54.2 Å². The molecule has 3 heterocycles. The third kappa shape index (κ3) is 3.27. The van der Waals surface area contributed by atoms with Gasteiger partial charge in [-0.05, 0) is 44.4 Å². The van der Waals surface area contributed by atoms with Crippen LogP contribution >= 0.6 is 0 Å². The monoisotopic (exact) mass is 378 g/mol. The third-order valence-corrected chi connectivity index (χ3v) is 5.69. The summed E-state index contributed by atoms with van der Waals surface area (Å²) in [6, 6.07) is 14.4. The lowest BCUT2D eigenvalue weighted by atomic mass is 10.0. The zero-order chi connectivity index (χ0) is 19.7. The molecule has 5 nitrogen and oxygen atoms in total. The summed E-state index contributed by atoms with van der Waals surface area (Å²) in [7, 11) is 0. The van der Waals surface area contributed by atoms with Crippen LogP contribution in [0, 0.1) is 6.92 Å². The molecule has 3 aromatic rings. The summed E-state index contributed by atoms with van der Waals surface area (Å²) in [5.41, 5.74) is 4.30. The van der Waals surface area contributed by atoms with Crippen LogP contribution in [0.25, 0.3) is 16.6 Å². The maximum absolute atomic E-state index is 11.9. The van der Waals surface area contributed by atoms with E-state index in [1.807, 2.05) is 25.1 Å². The molecule has 1 saturated heterocycles. The fourth-order valence-electron chi connectivity index (χ4n) is 4.27. The highest BCUT2D eigenvalue weighted by molar-refractivity contribution is 5.93. The van der Waals surface area contributed by atoms with E-state index in [0.717, 1.165) is 60.6 Å². The van der Waals surface area contributed by atoms with Crippen molar-refractivity contribution in [1.29, 1.82) is 0 Å². The lowest BCUT2D eigenvalue weighted by Gasteiger charge is -2.36. The molecule has 4 rings (SSSR count). The van der Waals surface area contributed by atoms with Gasteiger partial charge in [-0.1, -0.05) is 30.3 Å². The molecular formula is C23H26N2O3. The Kier molecular flexibility index (Phi) is 5.09. The van der Waals surface area contributed by atoms with E-state index in [4.69, 9.17) is 4.74 Å². The second-order valence-corrected chi connectivity index (χ2v) is 7.33. The number of hydrogen-bond donors (Lipinski definition) is 1. The predicted octanol–water partition coefficient (Wildman–Crippen LogP) is 4.62. The molecule has 1 aliphatic rings. The maximum Gasteiger partial charge on any atom is 0.336 e. The van der Waals surface area contributed by atoms with Gasteiger partial charge < -0.3 is 19.1 Å². The molecule has 146 valence electrons. The summed E-state index contributed by atoms with van der Waals surface area (Å²) in [5.74, 6) is 0.0956. The van der Waals surface area contributed by atoms with E-state index >= 15 is 0 Å². The standard InChI is InChI=1S/C23H26N2O3/c1-3-24(19-9-11-28-12-10-19)22-16(2)21(23(26)27)14-20-13-18(15-25(20)22)17-7-5-4-6-8-17/h4-8,13-15,19H,3,9-12H2,1-2H3,(H,26,27). The number of carboxylic acid groups (broad SMARTS) is 1. The molecule has 1 fully saturated rings. The molecule has 0 saturated carbocycles. The van der Waals surface area contributed by atoms with Crippen LogP contribution in [-0.4, -0.2) is 41.3 Å². The highest BCUT2D eigenvalue weighted by Crippen LogP contribution is 2.33. The van der Waals surface area contributed by atoms with Gasteiger partial charge in [0.1, 0.15) is 5.82 Å². The molecule has 5 heteroatoms. The summed E-state index contributed by atoms with van der Waals surface area (Å²) >= 11 is 0. The first kappa shape index (κ1) is 18.6. The van der Waals surface area contributed by atoms with Gasteiger partial charge >= 0.3 is 5.97 Å². The van der Waals surface area contributed by atoms with Gasteiger partial charge in [0.05, 0.1) is 5.56 Å². The van der Waals surface area contributed by atoms with Gasteiger partial charge in [0.25, 0.3) is 0 Å². The average Bonchev–Trinajstić information content (AvgIpc) is 3.15. The minimum Gasteiger partial charge on any atom is -0.478 e. The van der Waals surface area contributed by atoms with Crippen LogP contribution in [0.2, 0.25) is 0 Å². The highest BCUT2D eigenvalue weighted by Gasteiger charge is 2.26. The molecule has 0 amide bonds. The van der Waals surface area contributed by atoms with Crippen molar-refractivity contribution in [3.8, 4) is 11.1 Å². The summed E-state index contributed by atoms with van der Waals surface area (Å²) in [6.45, 7) is 6.38.